The van der Waals surface area contributed by atoms with E-state index in [0.29, 0.717) is 11.5 Å². The van der Waals surface area contributed by atoms with E-state index in [-0.39, 0.29) is 26.5 Å². The van der Waals surface area contributed by atoms with Crippen LogP contribution in [0.15, 0.2) is 91.5 Å². The van der Waals surface area contributed by atoms with Crippen molar-refractivity contribution in [3.05, 3.63) is 109 Å². The normalized spacial score (nSPS) is 12.2. The molecule has 0 radical (unpaired) electrons. The van der Waals surface area contributed by atoms with Crippen molar-refractivity contribution < 1.29 is 25.8 Å². The Morgan fingerprint density at radius 2 is 1.60 bits per heavy atom. The van der Waals surface area contributed by atoms with E-state index < -0.39 is 8.07 Å². The van der Waals surface area contributed by atoms with E-state index in [0.717, 1.165) is 39.1 Å². The molecule has 0 aliphatic carbocycles. The first-order valence-corrected chi connectivity index (χ1v) is 17.8. The maximum absolute atomic E-state index is 6.40. The molecule has 0 aliphatic heterocycles. The van der Waals surface area contributed by atoms with Crippen LogP contribution in [0.4, 0.5) is 0 Å². The van der Waals surface area contributed by atoms with E-state index in [1.807, 2.05) is 42.9 Å². The summed E-state index contributed by atoms with van der Waals surface area (Å²) >= 11 is 0. The van der Waals surface area contributed by atoms with Gasteiger partial charge in [-0.1, -0.05) is 69.8 Å². The third kappa shape index (κ3) is 5.15. The first-order valence-electron chi connectivity index (χ1n) is 14.3. The number of imidazole rings is 2. The fourth-order valence-electron chi connectivity index (χ4n) is 5.57. The predicted molar refractivity (Wildman–Crippen MR) is 173 cm³/mol. The number of hydrogen-bond donors (Lipinski definition) is 0. The van der Waals surface area contributed by atoms with Crippen LogP contribution in [0, 0.1) is 12.1 Å². The van der Waals surface area contributed by atoms with Gasteiger partial charge in [-0.25, -0.2) is 9.97 Å². The Hall–Kier alpha value is -3.93. The standard InChI is InChI=1S/C35H33N5OSi.Pt/c1-35(2,3)24-16-17-36-32(20-24)40-30-13-8-7-12-28(30)29-15-14-27(22-31(29)40)41-26-11-9-10-25(21-26)39-23-33(42(4,5)6)38-19-18-37-34(38)39;/h7-20,23H,1-6H3;/q-2;+2. The molecule has 4 aromatic heterocycles. The van der Waals surface area contributed by atoms with Gasteiger partial charge in [0.25, 0.3) is 0 Å². The molecule has 218 valence electrons. The molecule has 3 aromatic carbocycles. The quantitative estimate of drug-likeness (QED) is 0.133. The summed E-state index contributed by atoms with van der Waals surface area (Å²) in [5.41, 5.74) is 4.13. The van der Waals surface area contributed by atoms with Gasteiger partial charge in [-0.3, -0.25) is 4.40 Å². The van der Waals surface area contributed by atoms with Crippen LogP contribution in [0.25, 0.3) is 39.1 Å². The van der Waals surface area contributed by atoms with Crippen LogP contribution in [-0.2, 0) is 26.5 Å². The topological polar surface area (TPSA) is 49.3 Å². The summed E-state index contributed by atoms with van der Waals surface area (Å²) in [6.07, 6.45) is 7.97. The number of pyridine rings is 1. The number of fused-ring (bicyclic) bond motifs is 4. The summed E-state index contributed by atoms with van der Waals surface area (Å²) in [7, 11) is -1.59. The Labute approximate surface area is 267 Å². The summed E-state index contributed by atoms with van der Waals surface area (Å²) in [5, 5.41) is 3.57. The Bertz CT molecular complexity index is 2110. The number of nitrogens with zero attached hydrogens (tertiary/aromatic N) is 5. The van der Waals surface area contributed by atoms with Gasteiger partial charge in [-0.05, 0) is 34.6 Å². The van der Waals surface area contributed by atoms with Crippen LogP contribution >= 0.6 is 0 Å². The molecule has 0 atom stereocenters. The summed E-state index contributed by atoms with van der Waals surface area (Å²) in [4.78, 5) is 9.41. The third-order valence-electron chi connectivity index (χ3n) is 7.75. The smallest absolute Gasteiger partial charge is 0.509 e. The van der Waals surface area contributed by atoms with E-state index in [2.05, 4.69) is 120 Å². The Morgan fingerprint density at radius 3 is 2.40 bits per heavy atom. The van der Waals surface area contributed by atoms with E-state index in [1.165, 1.54) is 10.9 Å². The van der Waals surface area contributed by atoms with Gasteiger partial charge in [-0.2, -0.15) is 12.1 Å². The van der Waals surface area contributed by atoms with Gasteiger partial charge in [0.2, 0.25) is 5.78 Å². The Morgan fingerprint density at radius 1 is 0.814 bits per heavy atom. The molecule has 0 spiro atoms. The number of ether oxygens (including phenoxy) is 1. The summed E-state index contributed by atoms with van der Waals surface area (Å²) in [5.74, 6) is 2.98. The van der Waals surface area contributed by atoms with Gasteiger partial charge in [-0.15, -0.1) is 35.7 Å². The summed E-state index contributed by atoms with van der Waals surface area (Å²) in [6, 6.07) is 29.7. The first-order chi connectivity index (χ1) is 20.1. The molecule has 4 heterocycles. The zero-order valence-corrected chi connectivity index (χ0v) is 28.4. The number of para-hydroxylation sites is 1. The van der Waals surface area contributed by atoms with Crippen LogP contribution in [0.3, 0.4) is 0 Å². The van der Waals surface area contributed by atoms with E-state index in [4.69, 9.17) is 9.72 Å². The van der Waals surface area contributed by atoms with Gasteiger partial charge in [0.1, 0.15) is 13.9 Å². The molecule has 0 amide bonds. The molecule has 0 bridgehead atoms. The minimum Gasteiger partial charge on any atom is -0.509 e. The van der Waals surface area contributed by atoms with E-state index >= 15 is 0 Å². The monoisotopic (exact) mass is 762 g/mol. The molecular formula is C35H33N5OPtSi. The van der Waals surface area contributed by atoms with Crippen LogP contribution in [0.2, 0.25) is 19.6 Å². The van der Waals surface area contributed by atoms with Crippen LogP contribution in [0.1, 0.15) is 26.3 Å². The molecule has 0 saturated heterocycles. The van der Waals surface area contributed by atoms with Crippen molar-refractivity contribution in [2.45, 2.75) is 45.8 Å². The molecule has 0 saturated carbocycles. The second kappa shape index (κ2) is 10.7. The number of rotatable bonds is 5. The SMILES string of the molecule is CC(C)(C)c1ccnc(-n2c3[c-]c(Oc4[c-]c(-n5cc([Si](C)(C)C)n6ccnc56)ccc4)ccc3c3ccccc32)c1.[Pt+2]. The average molecular weight is 763 g/mol. The number of aromatic nitrogens is 5. The van der Waals surface area contributed by atoms with Crippen molar-refractivity contribution in [1.29, 1.82) is 0 Å². The van der Waals surface area contributed by atoms with Crippen molar-refractivity contribution in [1.82, 2.24) is 23.5 Å². The maximum Gasteiger partial charge on any atom is 2.00 e. The van der Waals surface area contributed by atoms with Gasteiger partial charge in [0.15, 0.2) is 0 Å². The minimum atomic E-state index is -1.59. The summed E-state index contributed by atoms with van der Waals surface area (Å²) < 4.78 is 12.9. The number of hydrogen-bond acceptors (Lipinski definition) is 3. The van der Waals surface area contributed by atoms with Crippen LogP contribution in [-0.4, -0.2) is 31.6 Å². The van der Waals surface area contributed by atoms with Gasteiger partial charge in [0.05, 0.1) is 0 Å². The molecule has 0 N–H and O–H groups in total. The molecule has 6 nitrogen and oxygen atoms in total. The van der Waals surface area contributed by atoms with Gasteiger partial charge < -0.3 is 13.9 Å². The molecule has 8 heteroatoms. The summed E-state index contributed by atoms with van der Waals surface area (Å²) in [6.45, 7) is 13.7. The molecule has 0 aliphatic rings. The fraction of sp³-hybridized carbons (Fsp3) is 0.200. The second-order valence-electron chi connectivity index (χ2n) is 12.8. The minimum absolute atomic E-state index is 0. The fourth-order valence-corrected chi connectivity index (χ4v) is 6.98. The third-order valence-corrected chi connectivity index (χ3v) is 9.65. The van der Waals surface area contributed by atoms with Crippen molar-refractivity contribution in [3.8, 4) is 23.0 Å². The van der Waals surface area contributed by atoms with E-state index in [9.17, 15) is 0 Å². The van der Waals surface area contributed by atoms with Gasteiger partial charge >= 0.3 is 21.1 Å². The van der Waals surface area contributed by atoms with Gasteiger partial charge in [0, 0.05) is 47.1 Å². The van der Waals surface area contributed by atoms with Crippen LogP contribution < -0.4 is 10.1 Å². The zero-order chi connectivity index (χ0) is 29.2. The van der Waals surface area contributed by atoms with Crippen molar-refractivity contribution in [2.24, 2.45) is 0 Å². The molecule has 7 aromatic rings. The van der Waals surface area contributed by atoms with E-state index in [1.54, 1.807) is 0 Å². The maximum atomic E-state index is 6.40. The molecule has 7 rings (SSSR count). The average Bonchev–Trinajstić information content (AvgIpc) is 3.65. The molecule has 0 fully saturated rings. The Balaban J connectivity index is 0.00000329. The number of benzene rings is 3. The Kier molecular flexibility index (Phi) is 7.22. The molecule has 43 heavy (non-hydrogen) atoms. The van der Waals surface area contributed by atoms with Crippen molar-refractivity contribution in [2.75, 3.05) is 0 Å². The first kappa shape index (κ1) is 29.2. The van der Waals surface area contributed by atoms with Crippen molar-refractivity contribution >= 4 is 41.0 Å². The molecular weight excluding hydrogens is 730 g/mol. The zero-order valence-electron chi connectivity index (χ0n) is 25.1. The van der Waals surface area contributed by atoms with Crippen molar-refractivity contribution in [3.63, 3.8) is 0 Å². The largest absolute Gasteiger partial charge is 2.00 e. The molecule has 0 unspecified atom stereocenters. The van der Waals surface area contributed by atoms with Crippen LogP contribution in [0.5, 0.6) is 11.5 Å². The second-order valence-corrected chi connectivity index (χ2v) is 17.8. The predicted octanol–water partition coefficient (Wildman–Crippen LogP) is 7.85.